The third kappa shape index (κ3) is 3.80. The Hall–Kier alpha value is -2.24. The average Bonchev–Trinajstić information content (AvgIpc) is 3.23. The van der Waals surface area contributed by atoms with Gasteiger partial charge in [0, 0.05) is 17.5 Å². The Morgan fingerprint density at radius 2 is 2.29 bits per heavy atom. The van der Waals surface area contributed by atoms with Gasteiger partial charge < -0.3 is 14.4 Å². The molecule has 0 unspecified atom stereocenters. The van der Waals surface area contributed by atoms with Gasteiger partial charge in [-0.15, -0.1) is 17.9 Å². The zero-order chi connectivity index (χ0) is 16.9. The van der Waals surface area contributed by atoms with Crippen molar-refractivity contribution in [2.75, 3.05) is 13.3 Å². The summed E-state index contributed by atoms with van der Waals surface area (Å²) >= 11 is 7.78. The van der Waals surface area contributed by atoms with Gasteiger partial charge in [-0.3, -0.25) is 4.79 Å². The van der Waals surface area contributed by atoms with Crippen LogP contribution in [-0.2, 0) is 11.3 Å². The summed E-state index contributed by atoms with van der Waals surface area (Å²) in [5.41, 5.74) is 0.785. The van der Waals surface area contributed by atoms with Crippen molar-refractivity contribution in [1.29, 1.82) is 0 Å². The van der Waals surface area contributed by atoms with Gasteiger partial charge in [-0.25, -0.2) is 0 Å². The lowest BCUT2D eigenvalue weighted by Crippen LogP contribution is -2.28. The molecule has 1 aliphatic heterocycles. The minimum atomic E-state index is -0.0860. The highest BCUT2D eigenvalue weighted by atomic mass is 35.5. The maximum Gasteiger partial charge on any atom is 0.247 e. The van der Waals surface area contributed by atoms with Crippen molar-refractivity contribution >= 4 is 34.9 Å². The van der Waals surface area contributed by atoms with Crippen LogP contribution in [0.5, 0.6) is 11.5 Å². The molecular weight excluding hydrogens is 346 g/mol. The molecule has 1 amide bonds. The molecule has 1 aromatic heterocycles. The lowest BCUT2D eigenvalue weighted by Gasteiger charge is -2.18. The number of benzene rings is 1. The number of carbonyl (C=O) groups excluding carboxylic acids is 1. The molecule has 0 radical (unpaired) electrons. The van der Waals surface area contributed by atoms with Crippen molar-refractivity contribution in [2.24, 2.45) is 0 Å². The molecule has 0 atom stereocenters. The topological polar surface area (TPSA) is 38.8 Å². The summed E-state index contributed by atoms with van der Waals surface area (Å²) in [4.78, 5) is 15.3. The summed E-state index contributed by atoms with van der Waals surface area (Å²) in [5.74, 6) is 1.05. The summed E-state index contributed by atoms with van der Waals surface area (Å²) in [5, 5.41) is 2.47. The van der Waals surface area contributed by atoms with Crippen LogP contribution in [0.25, 0.3) is 6.08 Å². The SMILES string of the molecule is C=CCN(Cc1cccs1)C(=O)/C=C/c1cc(Cl)c2c(c1)OCO2. The fourth-order valence-electron chi connectivity index (χ4n) is 2.34. The van der Waals surface area contributed by atoms with E-state index in [2.05, 4.69) is 6.58 Å². The van der Waals surface area contributed by atoms with Gasteiger partial charge in [0.2, 0.25) is 12.7 Å². The number of ether oxygens (including phenoxy) is 2. The van der Waals surface area contributed by atoms with Crippen LogP contribution in [0.2, 0.25) is 5.02 Å². The second-order valence-electron chi connectivity index (χ2n) is 5.16. The molecule has 124 valence electrons. The van der Waals surface area contributed by atoms with Crippen LogP contribution in [0, 0.1) is 0 Å². The number of fused-ring (bicyclic) bond motifs is 1. The monoisotopic (exact) mass is 361 g/mol. The van der Waals surface area contributed by atoms with Crippen molar-refractivity contribution < 1.29 is 14.3 Å². The molecule has 1 aliphatic rings. The fraction of sp³-hybridized carbons (Fsp3) is 0.167. The predicted octanol–water partition coefficient (Wildman–Crippen LogP) is 4.36. The molecule has 0 N–H and O–H groups in total. The number of thiophene rings is 1. The summed E-state index contributed by atoms with van der Waals surface area (Å²) in [6, 6.07) is 7.53. The van der Waals surface area contributed by atoms with Gasteiger partial charge in [0.1, 0.15) is 0 Å². The Morgan fingerprint density at radius 3 is 3.04 bits per heavy atom. The molecular formula is C18H16ClNO3S. The number of halogens is 1. The van der Waals surface area contributed by atoms with E-state index < -0.39 is 0 Å². The maximum absolute atomic E-state index is 12.5. The fourth-order valence-corrected chi connectivity index (χ4v) is 3.33. The number of rotatable bonds is 6. The Kier molecular flexibility index (Phi) is 5.23. The van der Waals surface area contributed by atoms with Crippen LogP contribution in [0.4, 0.5) is 0 Å². The first-order valence-corrected chi connectivity index (χ1v) is 8.62. The molecule has 3 rings (SSSR count). The first-order valence-electron chi connectivity index (χ1n) is 7.37. The lowest BCUT2D eigenvalue weighted by molar-refractivity contribution is -0.126. The predicted molar refractivity (Wildman–Crippen MR) is 96.5 cm³/mol. The molecule has 0 saturated carbocycles. The van der Waals surface area contributed by atoms with E-state index in [1.165, 1.54) is 6.08 Å². The number of carbonyl (C=O) groups is 1. The number of hydrogen-bond donors (Lipinski definition) is 0. The van der Waals surface area contributed by atoms with Crippen molar-refractivity contribution in [3.8, 4) is 11.5 Å². The molecule has 0 saturated heterocycles. The highest BCUT2D eigenvalue weighted by Crippen LogP contribution is 2.40. The minimum Gasteiger partial charge on any atom is -0.454 e. The lowest BCUT2D eigenvalue weighted by atomic mass is 10.2. The standard InChI is InChI=1S/C18H16ClNO3S/c1-2-7-20(11-14-4-3-8-24-14)17(21)6-5-13-9-15(19)18-16(10-13)22-12-23-18/h2-6,8-10H,1,7,11-12H2/b6-5+. The minimum absolute atomic E-state index is 0.0860. The summed E-state index contributed by atoms with van der Waals surface area (Å²) in [7, 11) is 0. The van der Waals surface area contributed by atoms with Crippen LogP contribution in [-0.4, -0.2) is 24.1 Å². The molecule has 24 heavy (non-hydrogen) atoms. The van der Waals surface area contributed by atoms with Gasteiger partial charge in [0.15, 0.2) is 11.5 Å². The van der Waals surface area contributed by atoms with Crippen LogP contribution in [0.15, 0.2) is 48.4 Å². The van der Waals surface area contributed by atoms with Gasteiger partial charge in [0.05, 0.1) is 11.6 Å². The zero-order valence-electron chi connectivity index (χ0n) is 12.9. The molecule has 0 fully saturated rings. The molecule has 0 aliphatic carbocycles. The van der Waals surface area contributed by atoms with E-state index in [0.29, 0.717) is 29.6 Å². The van der Waals surface area contributed by atoms with E-state index in [9.17, 15) is 4.79 Å². The third-order valence-corrected chi connectivity index (χ3v) is 4.60. The number of hydrogen-bond acceptors (Lipinski definition) is 4. The first-order chi connectivity index (χ1) is 11.7. The van der Waals surface area contributed by atoms with Gasteiger partial charge >= 0.3 is 0 Å². The van der Waals surface area contributed by atoms with E-state index in [4.69, 9.17) is 21.1 Å². The number of amides is 1. The second-order valence-corrected chi connectivity index (χ2v) is 6.60. The Balaban J connectivity index is 1.73. The van der Waals surface area contributed by atoms with Gasteiger partial charge in [-0.2, -0.15) is 0 Å². The maximum atomic E-state index is 12.5. The summed E-state index contributed by atoms with van der Waals surface area (Å²) < 4.78 is 10.6. The molecule has 2 aromatic rings. The molecule has 2 heterocycles. The Bertz CT molecular complexity index is 771. The quantitative estimate of drug-likeness (QED) is 0.567. The van der Waals surface area contributed by atoms with E-state index in [0.717, 1.165) is 10.4 Å². The average molecular weight is 362 g/mol. The van der Waals surface area contributed by atoms with Crippen LogP contribution in [0.1, 0.15) is 10.4 Å². The third-order valence-electron chi connectivity index (χ3n) is 3.46. The van der Waals surface area contributed by atoms with Crippen molar-refractivity contribution in [3.63, 3.8) is 0 Å². The van der Waals surface area contributed by atoms with Gasteiger partial charge in [-0.05, 0) is 35.2 Å². The second kappa shape index (κ2) is 7.55. The van der Waals surface area contributed by atoms with Crippen molar-refractivity contribution in [3.05, 3.63) is 63.8 Å². The first kappa shape index (κ1) is 16.6. The normalized spacial score (nSPS) is 12.5. The van der Waals surface area contributed by atoms with Crippen LogP contribution in [0.3, 0.4) is 0 Å². The molecule has 6 heteroatoms. The van der Waals surface area contributed by atoms with Gasteiger partial charge in [0.25, 0.3) is 0 Å². The summed E-state index contributed by atoms with van der Waals surface area (Å²) in [6.07, 6.45) is 4.97. The largest absolute Gasteiger partial charge is 0.454 e. The van der Waals surface area contributed by atoms with E-state index in [1.807, 2.05) is 17.5 Å². The zero-order valence-corrected chi connectivity index (χ0v) is 14.5. The van der Waals surface area contributed by atoms with Crippen LogP contribution < -0.4 is 9.47 Å². The Morgan fingerprint density at radius 1 is 1.42 bits per heavy atom. The molecule has 4 nitrogen and oxygen atoms in total. The van der Waals surface area contributed by atoms with Crippen molar-refractivity contribution in [1.82, 2.24) is 4.90 Å². The van der Waals surface area contributed by atoms with Gasteiger partial charge in [-0.1, -0.05) is 23.7 Å². The van der Waals surface area contributed by atoms with E-state index in [-0.39, 0.29) is 12.7 Å². The van der Waals surface area contributed by atoms with E-state index >= 15 is 0 Å². The molecule has 0 bridgehead atoms. The molecule has 0 spiro atoms. The highest BCUT2D eigenvalue weighted by molar-refractivity contribution is 7.09. The van der Waals surface area contributed by atoms with Crippen molar-refractivity contribution in [2.45, 2.75) is 6.54 Å². The van der Waals surface area contributed by atoms with Crippen LogP contribution >= 0.6 is 22.9 Å². The highest BCUT2D eigenvalue weighted by Gasteiger charge is 2.18. The number of nitrogens with zero attached hydrogens (tertiary/aromatic N) is 1. The smallest absolute Gasteiger partial charge is 0.247 e. The summed E-state index contributed by atoms with van der Waals surface area (Å²) in [6.45, 7) is 4.93. The molecule has 1 aromatic carbocycles. The Labute approximate surface area is 149 Å². The van der Waals surface area contributed by atoms with E-state index in [1.54, 1.807) is 40.5 Å².